The molecule has 0 unspecified atom stereocenters. The molecule has 1 aromatic heterocycles. The van der Waals surface area contributed by atoms with Gasteiger partial charge in [-0.1, -0.05) is 74.5 Å². The molecule has 0 fully saturated rings. The molecule has 1 heterocycles. The summed E-state index contributed by atoms with van der Waals surface area (Å²) >= 11 is 1.68. The van der Waals surface area contributed by atoms with Gasteiger partial charge in [-0.05, 0) is 61.3 Å². The Hall–Kier alpha value is -2.33. The number of rotatable bonds is 5. The molecule has 30 heavy (non-hydrogen) atoms. The molecule has 3 aromatic rings. The van der Waals surface area contributed by atoms with Gasteiger partial charge < -0.3 is 4.74 Å². The average molecular weight is 419 g/mol. The molecule has 4 rings (SSSR count). The molecule has 0 N–H and O–H groups in total. The van der Waals surface area contributed by atoms with Crippen molar-refractivity contribution in [2.75, 3.05) is 0 Å². The van der Waals surface area contributed by atoms with Crippen LogP contribution in [0.2, 0.25) is 0 Å². The van der Waals surface area contributed by atoms with Crippen molar-refractivity contribution < 1.29 is 4.74 Å². The summed E-state index contributed by atoms with van der Waals surface area (Å²) in [7, 11) is 0. The zero-order chi connectivity index (χ0) is 21.1. The van der Waals surface area contributed by atoms with Crippen molar-refractivity contribution in [2.24, 2.45) is 0 Å². The largest absolute Gasteiger partial charge is 0.439 e. The standard InChI is InChI=1S/C26H30N2OS/c1-18-9-11-19(12-10-18)17-30-25-27-23-8-6-5-7-22(23)24(28-25)29-21-15-13-20(14-16-21)26(2,3)4/h9-16H,5-8,17H2,1-4H3. The number of ether oxygens (including phenoxy) is 1. The van der Waals surface area contributed by atoms with Crippen LogP contribution in [0, 0.1) is 6.92 Å². The van der Waals surface area contributed by atoms with Crippen LogP contribution in [0.15, 0.2) is 53.7 Å². The van der Waals surface area contributed by atoms with Crippen molar-refractivity contribution in [3.63, 3.8) is 0 Å². The number of aromatic nitrogens is 2. The Morgan fingerprint density at radius 3 is 2.30 bits per heavy atom. The zero-order valence-electron chi connectivity index (χ0n) is 18.4. The molecule has 4 heteroatoms. The maximum absolute atomic E-state index is 6.29. The molecule has 156 valence electrons. The van der Waals surface area contributed by atoms with Crippen LogP contribution in [0.4, 0.5) is 0 Å². The lowest BCUT2D eigenvalue weighted by Crippen LogP contribution is -2.11. The molecule has 0 spiro atoms. The van der Waals surface area contributed by atoms with E-state index in [1.807, 2.05) is 0 Å². The van der Waals surface area contributed by atoms with E-state index in [1.165, 1.54) is 35.1 Å². The monoisotopic (exact) mass is 418 g/mol. The predicted octanol–water partition coefficient (Wildman–Crippen LogP) is 7.05. The molecule has 3 nitrogen and oxygen atoms in total. The van der Waals surface area contributed by atoms with E-state index >= 15 is 0 Å². The van der Waals surface area contributed by atoms with Gasteiger partial charge in [0.1, 0.15) is 5.75 Å². The highest BCUT2D eigenvalue weighted by atomic mass is 32.2. The van der Waals surface area contributed by atoms with Gasteiger partial charge in [0, 0.05) is 11.3 Å². The first-order chi connectivity index (χ1) is 14.4. The highest BCUT2D eigenvalue weighted by Crippen LogP contribution is 2.34. The predicted molar refractivity (Wildman–Crippen MR) is 125 cm³/mol. The van der Waals surface area contributed by atoms with Gasteiger partial charge >= 0.3 is 0 Å². The van der Waals surface area contributed by atoms with Crippen molar-refractivity contribution in [3.8, 4) is 11.6 Å². The van der Waals surface area contributed by atoms with Crippen molar-refractivity contribution >= 4 is 11.8 Å². The van der Waals surface area contributed by atoms with E-state index in [0.29, 0.717) is 0 Å². The third kappa shape index (κ3) is 5.04. The molecule has 0 bridgehead atoms. The van der Waals surface area contributed by atoms with Gasteiger partial charge in [-0.2, -0.15) is 4.98 Å². The number of hydrogen-bond acceptors (Lipinski definition) is 4. The molecule has 1 aliphatic carbocycles. The lowest BCUT2D eigenvalue weighted by atomic mass is 9.87. The van der Waals surface area contributed by atoms with E-state index in [1.54, 1.807) is 11.8 Å². The average Bonchev–Trinajstić information content (AvgIpc) is 2.73. The maximum atomic E-state index is 6.29. The molecule has 0 saturated carbocycles. The maximum Gasteiger partial charge on any atom is 0.226 e. The van der Waals surface area contributed by atoms with Gasteiger partial charge in [-0.25, -0.2) is 4.98 Å². The van der Waals surface area contributed by atoms with E-state index in [2.05, 4.69) is 76.2 Å². The first-order valence-electron chi connectivity index (χ1n) is 10.7. The van der Waals surface area contributed by atoms with Gasteiger partial charge in [0.15, 0.2) is 5.16 Å². The Labute approximate surface area is 184 Å². The van der Waals surface area contributed by atoms with E-state index < -0.39 is 0 Å². The van der Waals surface area contributed by atoms with Crippen molar-refractivity contribution in [1.29, 1.82) is 0 Å². The third-order valence-electron chi connectivity index (χ3n) is 5.55. The van der Waals surface area contributed by atoms with Gasteiger partial charge in [0.25, 0.3) is 0 Å². The molecule has 0 amide bonds. The summed E-state index contributed by atoms with van der Waals surface area (Å²) in [4.78, 5) is 9.68. The van der Waals surface area contributed by atoms with E-state index in [9.17, 15) is 0 Å². The molecule has 0 aliphatic heterocycles. The summed E-state index contributed by atoms with van der Waals surface area (Å²) in [5, 5.41) is 0.803. The summed E-state index contributed by atoms with van der Waals surface area (Å²) in [5.41, 5.74) is 6.33. The van der Waals surface area contributed by atoms with Crippen LogP contribution < -0.4 is 4.74 Å². The first-order valence-corrected chi connectivity index (χ1v) is 11.7. The fourth-order valence-electron chi connectivity index (χ4n) is 3.65. The molecule has 0 saturated heterocycles. The first kappa shape index (κ1) is 20.9. The van der Waals surface area contributed by atoms with Crippen LogP contribution in [0.5, 0.6) is 11.6 Å². The van der Waals surface area contributed by atoms with E-state index in [0.717, 1.165) is 41.1 Å². The number of fused-ring (bicyclic) bond motifs is 1. The minimum atomic E-state index is 0.131. The molecule has 1 aliphatic rings. The Balaban J connectivity index is 1.56. The zero-order valence-corrected chi connectivity index (χ0v) is 19.2. The summed E-state index contributed by atoms with van der Waals surface area (Å²) in [5.74, 6) is 2.43. The second-order valence-corrected chi connectivity index (χ2v) is 10.0. The van der Waals surface area contributed by atoms with Crippen LogP contribution in [-0.2, 0) is 24.0 Å². The fourth-order valence-corrected chi connectivity index (χ4v) is 4.46. The minimum absolute atomic E-state index is 0.131. The Morgan fingerprint density at radius 1 is 0.900 bits per heavy atom. The molecule has 0 radical (unpaired) electrons. The van der Waals surface area contributed by atoms with Gasteiger partial charge in [-0.15, -0.1) is 0 Å². The van der Waals surface area contributed by atoms with Crippen molar-refractivity contribution in [1.82, 2.24) is 9.97 Å². The number of nitrogens with zero attached hydrogens (tertiary/aromatic N) is 2. The minimum Gasteiger partial charge on any atom is -0.439 e. The number of aryl methyl sites for hydroxylation is 2. The third-order valence-corrected chi connectivity index (χ3v) is 6.47. The summed E-state index contributed by atoms with van der Waals surface area (Å²) in [6.45, 7) is 8.78. The second-order valence-electron chi connectivity index (χ2n) is 9.09. The number of benzene rings is 2. The van der Waals surface area contributed by atoms with Gasteiger partial charge in [0.2, 0.25) is 5.88 Å². The molecule has 0 atom stereocenters. The van der Waals surface area contributed by atoms with E-state index in [-0.39, 0.29) is 5.41 Å². The second kappa shape index (κ2) is 8.81. The van der Waals surface area contributed by atoms with Crippen LogP contribution >= 0.6 is 11.8 Å². The van der Waals surface area contributed by atoms with E-state index in [4.69, 9.17) is 14.7 Å². The van der Waals surface area contributed by atoms with Crippen LogP contribution in [-0.4, -0.2) is 9.97 Å². The summed E-state index contributed by atoms with van der Waals surface area (Å²) in [6.07, 6.45) is 4.36. The van der Waals surface area contributed by atoms with Crippen LogP contribution in [0.1, 0.15) is 61.6 Å². The van der Waals surface area contributed by atoms with Gasteiger partial charge in [-0.3, -0.25) is 0 Å². The summed E-state index contributed by atoms with van der Waals surface area (Å²) < 4.78 is 6.29. The SMILES string of the molecule is Cc1ccc(CSc2nc3c(c(Oc4ccc(C(C)(C)C)cc4)n2)CCCC3)cc1. The number of thioether (sulfide) groups is 1. The number of hydrogen-bond donors (Lipinski definition) is 0. The molecular weight excluding hydrogens is 388 g/mol. The Morgan fingerprint density at radius 2 is 1.60 bits per heavy atom. The summed E-state index contributed by atoms with van der Waals surface area (Å²) in [6, 6.07) is 17.1. The normalized spacial score (nSPS) is 13.7. The molecule has 2 aromatic carbocycles. The fraction of sp³-hybridized carbons (Fsp3) is 0.385. The quantitative estimate of drug-likeness (QED) is 0.328. The van der Waals surface area contributed by atoms with Crippen LogP contribution in [0.3, 0.4) is 0 Å². The van der Waals surface area contributed by atoms with Crippen LogP contribution in [0.25, 0.3) is 0 Å². The Bertz CT molecular complexity index is 1000. The lowest BCUT2D eigenvalue weighted by Gasteiger charge is -2.20. The lowest BCUT2D eigenvalue weighted by molar-refractivity contribution is 0.439. The topological polar surface area (TPSA) is 35.0 Å². The highest BCUT2D eigenvalue weighted by Gasteiger charge is 2.20. The smallest absolute Gasteiger partial charge is 0.226 e. The van der Waals surface area contributed by atoms with Gasteiger partial charge in [0.05, 0.1) is 5.69 Å². The highest BCUT2D eigenvalue weighted by molar-refractivity contribution is 7.98. The van der Waals surface area contributed by atoms with Crippen molar-refractivity contribution in [3.05, 3.63) is 76.5 Å². The molecular formula is C26H30N2OS. The Kier molecular flexibility index (Phi) is 6.14. The van der Waals surface area contributed by atoms with Crippen molar-refractivity contribution in [2.45, 2.75) is 69.7 Å².